The molecule has 1 fully saturated rings. The summed E-state index contributed by atoms with van der Waals surface area (Å²) in [5.74, 6) is 0.750. The summed E-state index contributed by atoms with van der Waals surface area (Å²) in [6, 6.07) is 3.23. The zero-order valence-electron chi connectivity index (χ0n) is 13.3. The van der Waals surface area contributed by atoms with Gasteiger partial charge in [-0.1, -0.05) is 11.6 Å². The van der Waals surface area contributed by atoms with Crippen LogP contribution in [0, 0.1) is 6.92 Å². The molecule has 0 aromatic carbocycles. The molecule has 1 saturated heterocycles. The third-order valence-corrected chi connectivity index (χ3v) is 8.59. The maximum absolute atomic E-state index is 13.0. The van der Waals surface area contributed by atoms with E-state index >= 15 is 0 Å². The van der Waals surface area contributed by atoms with Gasteiger partial charge >= 0.3 is 0 Å². The van der Waals surface area contributed by atoms with Gasteiger partial charge in [0.1, 0.15) is 10.0 Å². The molecule has 2 aromatic rings. The summed E-state index contributed by atoms with van der Waals surface area (Å²) in [5.41, 5.74) is 2.05. The van der Waals surface area contributed by atoms with Gasteiger partial charge in [-0.05, 0) is 50.3 Å². The second kappa shape index (κ2) is 5.76. The van der Waals surface area contributed by atoms with Gasteiger partial charge in [0.2, 0.25) is 0 Å². The van der Waals surface area contributed by atoms with Crippen LogP contribution < -0.4 is 0 Å². The zero-order chi connectivity index (χ0) is 16.9. The van der Waals surface area contributed by atoms with E-state index in [1.54, 1.807) is 16.4 Å². The summed E-state index contributed by atoms with van der Waals surface area (Å²) in [6.07, 6.45) is 5.60. The van der Waals surface area contributed by atoms with Gasteiger partial charge in [0, 0.05) is 24.7 Å². The quantitative estimate of drug-likeness (QED) is 0.799. The molecule has 1 atom stereocenters. The van der Waals surface area contributed by atoms with Crippen LogP contribution in [0.5, 0.6) is 0 Å². The maximum Gasteiger partial charge on any atom is 0.252 e. The van der Waals surface area contributed by atoms with E-state index in [0.29, 0.717) is 21.6 Å². The first-order chi connectivity index (χ1) is 11.4. The van der Waals surface area contributed by atoms with Gasteiger partial charge in [-0.15, -0.1) is 11.3 Å². The number of hydrogen-bond donors (Lipinski definition) is 0. The minimum atomic E-state index is -3.49. The van der Waals surface area contributed by atoms with Crippen LogP contribution in [0.2, 0.25) is 4.34 Å². The fraction of sp³-hybridized carbons (Fsp3) is 0.500. The van der Waals surface area contributed by atoms with Crippen LogP contribution in [0.25, 0.3) is 0 Å². The zero-order valence-corrected chi connectivity index (χ0v) is 15.7. The normalized spacial score (nSPS) is 24.4. The van der Waals surface area contributed by atoms with Gasteiger partial charge < -0.3 is 0 Å². The van der Waals surface area contributed by atoms with Crippen molar-refractivity contribution in [1.29, 1.82) is 0 Å². The molecule has 5 nitrogen and oxygen atoms in total. The number of thiophene rings is 1. The van der Waals surface area contributed by atoms with E-state index in [9.17, 15) is 8.42 Å². The highest BCUT2D eigenvalue weighted by Crippen LogP contribution is 2.45. The molecule has 1 aliphatic heterocycles. The van der Waals surface area contributed by atoms with Crippen LogP contribution in [0.4, 0.5) is 0 Å². The van der Waals surface area contributed by atoms with Crippen LogP contribution in [0.15, 0.2) is 22.5 Å². The van der Waals surface area contributed by atoms with Crippen molar-refractivity contribution in [3.63, 3.8) is 0 Å². The number of piperidine rings is 1. The van der Waals surface area contributed by atoms with E-state index < -0.39 is 10.0 Å². The largest absolute Gasteiger partial charge is 0.252 e. The Kier molecular flexibility index (Phi) is 3.95. The lowest BCUT2D eigenvalue weighted by atomic mass is 9.78. The van der Waals surface area contributed by atoms with Crippen LogP contribution >= 0.6 is 22.9 Å². The number of fused-ring (bicyclic) bond motifs is 2. The van der Waals surface area contributed by atoms with Crippen molar-refractivity contribution in [1.82, 2.24) is 14.3 Å². The second-order valence-electron chi connectivity index (χ2n) is 6.57. The minimum absolute atomic E-state index is 0.171. The third-order valence-electron chi connectivity index (χ3n) is 5.04. The molecule has 3 heterocycles. The summed E-state index contributed by atoms with van der Waals surface area (Å²) in [7, 11) is -3.49. The lowest BCUT2D eigenvalue weighted by Crippen LogP contribution is -2.47. The van der Waals surface area contributed by atoms with Crippen LogP contribution in [-0.2, 0) is 21.9 Å². The number of aryl methyl sites for hydroxylation is 2. The Balaban J connectivity index is 1.70. The van der Waals surface area contributed by atoms with E-state index in [0.717, 1.165) is 48.5 Å². The molecule has 0 radical (unpaired) electrons. The topological polar surface area (TPSA) is 63.2 Å². The Labute approximate surface area is 150 Å². The first kappa shape index (κ1) is 16.4. The van der Waals surface area contributed by atoms with Crippen molar-refractivity contribution in [2.75, 3.05) is 13.1 Å². The Hall–Kier alpha value is -1.02. The highest BCUT2D eigenvalue weighted by Gasteiger charge is 2.46. The molecular weight excluding hydrogens is 366 g/mol. The number of aromatic nitrogens is 2. The molecule has 24 heavy (non-hydrogen) atoms. The van der Waals surface area contributed by atoms with Crippen molar-refractivity contribution in [3.8, 4) is 0 Å². The molecular formula is C16H18ClN3O2S2. The van der Waals surface area contributed by atoms with E-state index in [1.807, 2.05) is 13.1 Å². The van der Waals surface area contributed by atoms with Gasteiger partial charge in [0.25, 0.3) is 10.0 Å². The fourth-order valence-corrected chi connectivity index (χ4v) is 7.09. The molecule has 0 N–H and O–H groups in total. The summed E-state index contributed by atoms with van der Waals surface area (Å²) >= 11 is 7.05. The summed E-state index contributed by atoms with van der Waals surface area (Å²) in [4.78, 5) is 8.96. The van der Waals surface area contributed by atoms with Crippen molar-refractivity contribution >= 4 is 33.0 Å². The third kappa shape index (κ3) is 2.58. The second-order valence-corrected chi connectivity index (χ2v) is 10.5. The first-order valence-corrected chi connectivity index (χ1v) is 10.6. The Morgan fingerprint density at radius 3 is 2.92 bits per heavy atom. The lowest BCUT2D eigenvalue weighted by molar-refractivity contribution is 0.219. The maximum atomic E-state index is 13.0. The predicted octanol–water partition coefficient (Wildman–Crippen LogP) is 3.17. The summed E-state index contributed by atoms with van der Waals surface area (Å²) < 4.78 is 28.4. The van der Waals surface area contributed by atoms with Gasteiger partial charge in [-0.25, -0.2) is 18.4 Å². The van der Waals surface area contributed by atoms with Gasteiger partial charge in [0.05, 0.1) is 10.0 Å². The van der Waals surface area contributed by atoms with E-state index in [1.165, 1.54) is 5.56 Å². The average Bonchev–Trinajstić information content (AvgIpc) is 3.13. The van der Waals surface area contributed by atoms with Crippen molar-refractivity contribution in [3.05, 3.63) is 39.7 Å². The molecule has 0 bridgehead atoms. The SMILES string of the molecule is Cc1ncc2c(n1)C1(CCCN(S(=O)(=O)c3ccc(Cl)s3)C1)CC2. The number of hydrogen-bond acceptors (Lipinski definition) is 5. The molecule has 1 spiro atoms. The lowest BCUT2D eigenvalue weighted by Gasteiger charge is -2.39. The molecule has 2 aliphatic rings. The average molecular weight is 384 g/mol. The van der Waals surface area contributed by atoms with Crippen molar-refractivity contribution < 1.29 is 8.42 Å². The van der Waals surface area contributed by atoms with Crippen LogP contribution in [0.3, 0.4) is 0 Å². The molecule has 2 aromatic heterocycles. The van der Waals surface area contributed by atoms with E-state index in [-0.39, 0.29) is 5.41 Å². The minimum Gasteiger partial charge on any atom is -0.241 e. The molecule has 1 unspecified atom stereocenters. The monoisotopic (exact) mass is 383 g/mol. The smallest absolute Gasteiger partial charge is 0.241 e. The molecule has 8 heteroatoms. The molecule has 0 saturated carbocycles. The number of sulfonamides is 1. The highest BCUT2D eigenvalue weighted by atomic mass is 35.5. The van der Waals surface area contributed by atoms with Crippen LogP contribution in [-0.4, -0.2) is 35.8 Å². The van der Waals surface area contributed by atoms with E-state index in [2.05, 4.69) is 9.97 Å². The molecule has 1 aliphatic carbocycles. The molecule has 128 valence electrons. The Morgan fingerprint density at radius 1 is 1.33 bits per heavy atom. The first-order valence-electron chi connectivity index (χ1n) is 7.99. The predicted molar refractivity (Wildman–Crippen MR) is 94.1 cm³/mol. The Morgan fingerprint density at radius 2 is 2.17 bits per heavy atom. The van der Waals surface area contributed by atoms with Gasteiger partial charge in [0.15, 0.2) is 0 Å². The van der Waals surface area contributed by atoms with E-state index in [4.69, 9.17) is 11.6 Å². The molecule has 0 amide bonds. The van der Waals surface area contributed by atoms with Crippen LogP contribution in [0.1, 0.15) is 36.3 Å². The number of nitrogens with zero attached hydrogens (tertiary/aromatic N) is 3. The molecule has 4 rings (SSSR count). The van der Waals surface area contributed by atoms with Gasteiger partial charge in [-0.2, -0.15) is 4.31 Å². The highest BCUT2D eigenvalue weighted by molar-refractivity contribution is 7.91. The standard InChI is InChI=1S/C16H18ClN3O2S2/c1-11-18-9-12-5-7-16(15(12)19-11)6-2-8-20(10-16)24(21,22)14-4-3-13(17)23-14/h3-4,9H,2,5-8,10H2,1H3. The number of rotatable bonds is 2. The number of halogens is 1. The van der Waals surface area contributed by atoms with Crippen molar-refractivity contribution in [2.45, 2.75) is 42.2 Å². The fourth-order valence-electron chi connectivity index (χ4n) is 3.88. The summed E-state index contributed by atoms with van der Waals surface area (Å²) in [5, 5.41) is 0. The van der Waals surface area contributed by atoms with Gasteiger partial charge in [-0.3, -0.25) is 0 Å². The summed E-state index contributed by atoms with van der Waals surface area (Å²) in [6.45, 7) is 2.94. The Bertz CT molecular complexity index is 892. The van der Waals surface area contributed by atoms with Crippen molar-refractivity contribution in [2.24, 2.45) is 0 Å².